The predicted molar refractivity (Wildman–Crippen MR) is 51.8 cm³/mol. The Kier molecular flexibility index (Phi) is 4.01. The molecule has 0 N–H and O–H groups in total. The van der Waals surface area contributed by atoms with E-state index in [9.17, 15) is 4.79 Å². The minimum Gasteiger partial charge on any atom is -0.298 e. The lowest BCUT2D eigenvalue weighted by Crippen LogP contribution is -1.85. The molecule has 0 radical (unpaired) electrons. The van der Waals surface area contributed by atoms with Gasteiger partial charge in [0.05, 0.1) is 0 Å². The van der Waals surface area contributed by atoms with Crippen LogP contribution in [0.1, 0.15) is 22.5 Å². The Bertz CT molecular complexity index is 334. The number of pyridine rings is 1. The van der Waals surface area contributed by atoms with Crippen molar-refractivity contribution < 1.29 is 4.79 Å². The van der Waals surface area contributed by atoms with Gasteiger partial charge in [0.15, 0.2) is 6.29 Å². The van der Waals surface area contributed by atoms with Crippen LogP contribution in [0.2, 0.25) is 0 Å². The fourth-order valence-corrected chi connectivity index (χ4v) is 0.844. The molecule has 0 saturated carbocycles. The Hall–Kier alpha value is -1.33. The van der Waals surface area contributed by atoms with Crippen LogP contribution >= 0.6 is 11.6 Å². The molecular weight excluding hydrogens is 186 g/mol. The molecule has 0 aliphatic carbocycles. The summed E-state index contributed by atoms with van der Waals surface area (Å²) in [6, 6.07) is 3.40. The van der Waals surface area contributed by atoms with E-state index in [1.165, 1.54) is 6.20 Å². The molecule has 1 heterocycles. The molecule has 2 nitrogen and oxygen atoms in total. The van der Waals surface area contributed by atoms with Gasteiger partial charge < -0.3 is 0 Å². The number of aromatic nitrogens is 1. The second-order valence-corrected chi connectivity index (χ2v) is 2.71. The summed E-state index contributed by atoms with van der Waals surface area (Å²) >= 11 is 5.45. The Morgan fingerprint density at radius 1 is 1.54 bits per heavy atom. The third-order valence-corrected chi connectivity index (χ3v) is 1.55. The molecule has 0 atom stereocenters. The van der Waals surface area contributed by atoms with Gasteiger partial charge in [0.1, 0.15) is 5.69 Å². The minimum absolute atomic E-state index is 0.527. The first-order chi connectivity index (χ1) is 6.36. The van der Waals surface area contributed by atoms with Gasteiger partial charge in [-0.2, -0.15) is 0 Å². The Labute approximate surface area is 81.9 Å². The van der Waals surface area contributed by atoms with E-state index in [4.69, 9.17) is 11.6 Å². The van der Waals surface area contributed by atoms with Gasteiger partial charge in [-0.1, -0.05) is 5.92 Å². The average molecular weight is 194 g/mol. The van der Waals surface area contributed by atoms with Gasteiger partial charge in [-0.25, -0.2) is 4.98 Å². The van der Waals surface area contributed by atoms with Crippen LogP contribution in [0.4, 0.5) is 0 Å². The van der Waals surface area contributed by atoms with Crippen LogP contribution in [0, 0.1) is 11.8 Å². The molecule has 0 aromatic carbocycles. The first-order valence-corrected chi connectivity index (χ1v) is 4.36. The SMILES string of the molecule is O=Cc1ccc(C#CCCCl)nc1. The fraction of sp³-hybridized carbons (Fsp3) is 0.200. The third-order valence-electron chi connectivity index (χ3n) is 1.36. The molecule has 0 fully saturated rings. The fourth-order valence-electron chi connectivity index (χ4n) is 0.749. The van der Waals surface area contributed by atoms with Crippen molar-refractivity contribution in [2.75, 3.05) is 5.88 Å². The van der Waals surface area contributed by atoms with Gasteiger partial charge in [0.25, 0.3) is 0 Å². The maximum absolute atomic E-state index is 10.3. The monoisotopic (exact) mass is 193 g/mol. The maximum atomic E-state index is 10.3. The zero-order chi connectivity index (χ0) is 9.52. The summed E-state index contributed by atoms with van der Waals surface area (Å²) in [5.41, 5.74) is 1.22. The molecule has 0 amide bonds. The summed E-state index contributed by atoms with van der Waals surface area (Å²) in [4.78, 5) is 14.3. The Morgan fingerprint density at radius 3 is 2.92 bits per heavy atom. The first kappa shape index (κ1) is 9.76. The minimum atomic E-state index is 0.527. The molecule has 0 saturated heterocycles. The highest BCUT2D eigenvalue weighted by Crippen LogP contribution is 1.95. The van der Waals surface area contributed by atoms with E-state index in [2.05, 4.69) is 16.8 Å². The van der Waals surface area contributed by atoms with Crippen molar-refractivity contribution in [1.29, 1.82) is 0 Å². The highest BCUT2D eigenvalue weighted by molar-refractivity contribution is 6.18. The molecule has 0 spiro atoms. The van der Waals surface area contributed by atoms with Gasteiger partial charge >= 0.3 is 0 Å². The normalized spacial score (nSPS) is 8.69. The summed E-state index contributed by atoms with van der Waals surface area (Å²) < 4.78 is 0. The van der Waals surface area contributed by atoms with Crippen LogP contribution in [0.5, 0.6) is 0 Å². The highest BCUT2D eigenvalue weighted by atomic mass is 35.5. The van der Waals surface area contributed by atoms with Crippen LogP contribution in [0.3, 0.4) is 0 Å². The van der Waals surface area contributed by atoms with Gasteiger partial charge in [-0.3, -0.25) is 4.79 Å². The van der Waals surface area contributed by atoms with E-state index in [1.807, 2.05) is 0 Å². The number of halogens is 1. The standard InChI is InChI=1S/C10H8ClNO/c11-6-2-1-3-10-5-4-9(8-13)7-12-10/h4-5,7-8H,2,6H2. The number of aldehydes is 1. The summed E-state index contributed by atoms with van der Waals surface area (Å²) in [6.45, 7) is 0. The summed E-state index contributed by atoms with van der Waals surface area (Å²) in [5, 5.41) is 0. The first-order valence-electron chi connectivity index (χ1n) is 3.83. The second kappa shape index (κ2) is 5.34. The van der Waals surface area contributed by atoms with E-state index in [1.54, 1.807) is 12.1 Å². The van der Waals surface area contributed by atoms with Crippen molar-refractivity contribution in [1.82, 2.24) is 4.98 Å². The number of hydrogen-bond acceptors (Lipinski definition) is 2. The lowest BCUT2D eigenvalue weighted by molar-refractivity contribution is 0.112. The molecule has 0 aliphatic rings. The average Bonchev–Trinajstić information content (AvgIpc) is 2.19. The molecule has 0 bridgehead atoms. The molecular formula is C10H8ClNO. The maximum Gasteiger partial charge on any atom is 0.151 e. The van der Waals surface area contributed by atoms with Crippen LogP contribution in [-0.2, 0) is 0 Å². The Morgan fingerprint density at radius 2 is 2.38 bits per heavy atom. The molecule has 0 aliphatic heterocycles. The number of hydrogen-bond donors (Lipinski definition) is 0. The number of alkyl halides is 1. The second-order valence-electron chi connectivity index (χ2n) is 2.34. The van der Waals surface area contributed by atoms with Crippen molar-refractivity contribution in [3.05, 3.63) is 29.6 Å². The van der Waals surface area contributed by atoms with E-state index in [-0.39, 0.29) is 0 Å². The third kappa shape index (κ3) is 3.27. The Balaban J connectivity index is 2.71. The largest absolute Gasteiger partial charge is 0.298 e. The van der Waals surface area contributed by atoms with Gasteiger partial charge in [-0.05, 0) is 18.1 Å². The van der Waals surface area contributed by atoms with Crippen LogP contribution in [0.25, 0.3) is 0 Å². The summed E-state index contributed by atoms with van der Waals surface area (Å²) in [5.74, 6) is 6.22. The van der Waals surface area contributed by atoms with E-state index in [0.717, 1.165) is 6.29 Å². The zero-order valence-electron chi connectivity index (χ0n) is 6.96. The van der Waals surface area contributed by atoms with E-state index >= 15 is 0 Å². The molecule has 3 heteroatoms. The van der Waals surface area contributed by atoms with Gasteiger partial charge in [0.2, 0.25) is 0 Å². The molecule has 1 aromatic rings. The summed E-state index contributed by atoms with van der Waals surface area (Å²) in [7, 11) is 0. The van der Waals surface area contributed by atoms with Crippen LogP contribution in [0.15, 0.2) is 18.3 Å². The summed E-state index contributed by atoms with van der Waals surface area (Å²) in [6.07, 6.45) is 2.90. The smallest absolute Gasteiger partial charge is 0.151 e. The lowest BCUT2D eigenvalue weighted by atomic mass is 10.2. The number of carbonyl (C=O) groups is 1. The quantitative estimate of drug-likeness (QED) is 0.408. The van der Waals surface area contributed by atoms with Gasteiger partial charge in [-0.15, -0.1) is 11.6 Å². The predicted octanol–water partition coefficient (Wildman–Crippen LogP) is 1.87. The molecule has 66 valence electrons. The molecule has 13 heavy (non-hydrogen) atoms. The van der Waals surface area contributed by atoms with E-state index < -0.39 is 0 Å². The highest BCUT2D eigenvalue weighted by Gasteiger charge is 1.89. The van der Waals surface area contributed by atoms with Crippen molar-refractivity contribution in [2.24, 2.45) is 0 Å². The topological polar surface area (TPSA) is 30.0 Å². The molecule has 1 rings (SSSR count). The number of rotatable bonds is 2. The number of nitrogens with zero attached hydrogens (tertiary/aromatic N) is 1. The van der Waals surface area contributed by atoms with Crippen LogP contribution < -0.4 is 0 Å². The van der Waals surface area contributed by atoms with Crippen molar-refractivity contribution in [3.63, 3.8) is 0 Å². The van der Waals surface area contributed by atoms with Gasteiger partial charge in [0, 0.05) is 24.1 Å². The van der Waals surface area contributed by atoms with Crippen LogP contribution in [-0.4, -0.2) is 17.2 Å². The molecule has 1 aromatic heterocycles. The zero-order valence-corrected chi connectivity index (χ0v) is 7.71. The van der Waals surface area contributed by atoms with E-state index in [0.29, 0.717) is 23.6 Å². The number of carbonyl (C=O) groups excluding carboxylic acids is 1. The van der Waals surface area contributed by atoms with Crippen molar-refractivity contribution >= 4 is 17.9 Å². The lowest BCUT2D eigenvalue weighted by Gasteiger charge is -1.89. The van der Waals surface area contributed by atoms with Crippen molar-refractivity contribution in [3.8, 4) is 11.8 Å². The van der Waals surface area contributed by atoms with Crippen molar-refractivity contribution in [2.45, 2.75) is 6.42 Å². The molecule has 0 unspecified atom stereocenters.